The van der Waals surface area contributed by atoms with Gasteiger partial charge in [-0.2, -0.15) is 0 Å². The van der Waals surface area contributed by atoms with E-state index in [9.17, 15) is 4.79 Å². The quantitative estimate of drug-likeness (QED) is 0.805. The van der Waals surface area contributed by atoms with Crippen molar-refractivity contribution in [2.75, 3.05) is 20.2 Å². The molecule has 0 N–H and O–H groups in total. The van der Waals surface area contributed by atoms with Crippen molar-refractivity contribution in [1.82, 2.24) is 9.80 Å². The maximum atomic E-state index is 12.6. The van der Waals surface area contributed by atoms with Gasteiger partial charge in [0.2, 0.25) is 0 Å². The Kier molecular flexibility index (Phi) is 4.66. The molecule has 0 atom stereocenters. The Labute approximate surface area is 131 Å². The first-order valence-electron chi connectivity index (χ1n) is 7.29. The first kappa shape index (κ1) is 16.2. The lowest BCUT2D eigenvalue weighted by Crippen LogP contribution is -2.47. The van der Waals surface area contributed by atoms with Crippen LogP contribution in [-0.2, 0) is 4.74 Å². The van der Waals surface area contributed by atoms with Crippen molar-refractivity contribution >= 4 is 18.4 Å². The molecule has 2 amide bonds. The van der Waals surface area contributed by atoms with E-state index in [1.807, 2.05) is 45.0 Å². The topological polar surface area (TPSA) is 45.1 Å². The van der Waals surface area contributed by atoms with Gasteiger partial charge in [-0.3, -0.25) is 9.89 Å². The Morgan fingerprint density at radius 2 is 2.05 bits per heavy atom. The highest BCUT2D eigenvalue weighted by Crippen LogP contribution is 2.24. The second-order valence-corrected chi connectivity index (χ2v) is 5.88. The average Bonchev–Trinajstić information content (AvgIpc) is 2.84. The molecule has 22 heavy (non-hydrogen) atoms. The Hall–Kier alpha value is -2.14. The van der Waals surface area contributed by atoms with Crippen LogP contribution >= 0.6 is 0 Å². The molecule has 1 fully saturated rings. The molecule has 0 aliphatic carbocycles. The summed E-state index contributed by atoms with van der Waals surface area (Å²) in [7, 11) is 1.72. The second kappa shape index (κ2) is 6.32. The molecular weight excluding hydrogens is 278 g/mol. The normalized spacial score (nSPS) is 17.5. The second-order valence-electron chi connectivity index (χ2n) is 5.88. The first-order chi connectivity index (χ1) is 10.3. The largest absolute Gasteiger partial charge is 0.354 e. The Morgan fingerprint density at radius 1 is 1.41 bits per heavy atom. The summed E-state index contributed by atoms with van der Waals surface area (Å²) >= 11 is 0. The number of urea groups is 1. The van der Waals surface area contributed by atoms with Gasteiger partial charge in [0.25, 0.3) is 0 Å². The molecule has 5 heteroatoms. The summed E-state index contributed by atoms with van der Waals surface area (Å²) < 4.78 is 5.58. The monoisotopic (exact) mass is 301 g/mol. The van der Waals surface area contributed by atoms with E-state index in [0.29, 0.717) is 18.8 Å². The van der Waals surface area contributed by atoms with Gasteiger partial charge in [-0.25, -0.2) is 4.79 Å². The summed E-state index contributed by atoms with van der Waals surface area (Å²) in [5.74, 6) is 0. The van der Waals surface area contributed by atoms with Crippen molar-refractivity contribution in [3.05, 3.63) is 41.6 Å². The zero-order valence-corrected chi connectivity index (χ0v) is 13.7. The summed E-state index contributed by atoms with van der Waals surface area (Å²) in [5.41, 5.74) is 2.18. The smallest absolute Gasteiger partial charge is 0.326 e. The number of rotatable bonds is 3. The standard InChI is InChI=1S/C17H23N3O2/c1-13-6-8-14(9-7-13)15(18-4)12-19(5)16(21)20-10-11-22-17(20,2)3/h6-9,12H,4,10-11H2,1-3,5H3. The Bertz CT molecular complexity index is 590. The Balaban J connectivity index is 2.20. The van der Waals surface area contributed by atoms with Gasteiger partial charge in [0.15, 0.2) is 0 Å². The number of ether oxygens (including phenoxy) is 1. The molecule has 1 aromatic carbocycles. The predicted molar refractivity (Wildman–Crippen MR) is 88.6 cm³/mol. The van der Waals surface area contributed by atoms with Gasteiger partial charge < -0.3 is 9.64 Å². The van der Waals surface area contributed by atoms with Crippen molar-refractivity contribution in [2.45, 2.75) is 26.5 Å². The number of aryl methyl sites for hydroxylation is 1. The highest BCUT2D eigenvalue weighted by Gasteiger charge is 2.37. The van der Waals surface area contributed by atoms with Crippen molar-refractivity contribution < 1.29 is 9.53 Å². The molecule has 1 aliphatic rings. The van der Waals surface area contributed by atoms with Crippen LogP contribution in [0.4, 0.5) is 4.79 Å². The minimum absolute atomic E-state index is 0.115. The maximum Gasteiger partial charge on any atom is 0.326 e. The maximum absolute atomic E-state index is 12.6. The van der Waals surface area contributed by atoms with Gasteiger partial charge in [-0.05, 0) is 27.5 Å². The van der Waals surface area contributed by atoms with Gasteiger partial charge in [-0.15, -0.1) is 0 Å². The van der Waals surface area contributed by atoms with Gasteiger partial charge in [0.1, 0.15) is 5.72 Å². The number of hydrogen-bond acceptors (Lipinski definition) is 3. The highest BCUT2D eigenvalue weighted by molar-refractivity contribution is 5.79. The van der Waals surface area contributed by atoms with Gasteiger partial charge in [-0.1, -0.05) is 29.8 Å². The SMILES string of the molecule is C=NC(=CN(C)C(=O)N1CCOC1(C)C)c1ccc(C)cc1. The molecular formula is C17H23N3O2. The minimum Gasteiger partial charge on any atom is -0.354 e. The van der Waals surface area contributed by atoms with Crippen LogP contribution in [0.25, 0.3) is 5.70 Å². The van der Waals surface area contributed by atoms with E-state index in [-0.39, 0.29) is 6.03 Å². The fourth-order valence-corrected chi connectivity index (χ4v) is 2.42. The van der Waals surface area contributed by atoms with E-state index < -0.39 is 5.72 Å². The van der Waals surface area contributed by atoms with E-state index in [0.717, 1.165) is 5.56 Å². The zero-order valence-electron chi connectivity index (χ0n) is 13.7. The molecule has 0 spiro atoms. The lowest BCUT2D eigenvalue weighted by molar-refractivity contribution is -0.0340. The summed E-state index contributed by atoms with van der Waals surface area (Å²) in [6.07, 6.45) is 1.70. The lowest BCUT2D eigenvalue weighted by Gasteiger charge is -2.32. The molecule has 0 radical (unpaired) electrons. The van der Waals surface area contributed by atoms with Crippen LogP contribution in [-0.4, -0.2) is 48.5 Å². The molecule has 0 unspecified atom stereocenters. The van der Waals surface area contributed by atoms with Gasteiger partial charge in [0.05, 0.1) is 12.3 Å². The third-order valence-electron chi connectivity index (χ3n) is 3.79. The summed E-state index contributed by atoms with van der Waals surface area (Å²) in [6, 6.07) is 7.84. The number of hydrogen-bond donors (Lipinski definition) is 0. The van der Waals surface area contributed by atoms with Crippen LogP contribution in [0.3, 0.4) is 0 Å². The van der Waals surface area contributed by atoms with Crippen molar-refractivity contribution in [1.29, 1.82) is 0 Å². The third kappa shape index (κ3) is 3.36. The van der Waals surface area contributed by atoms with Crippen molar-refractivity contribution in [3.8, 4) is 0 Å². The van der Waals surface area contributed by atoms with E-state index in [2.05, 4.69) is 11.7 Å². The van der Waals surface area contributed by atoms with Crippen LogP contribution < -0.4 is 0 Å². The number of aliphatic imine (C=N–C) groups is 1. The Morgan fingerprint density at radius 3 is 2.55 bits per heavy atom. The highest BCUT2D eigenvalue weighted by atomic mass is 16.5. The predicted octanol–water partition coefficient (Wildman–Crippen LogP) is 3.11. The third-order valence-corrected chi connectivity index (χ3v) is 3.79. The summed E-state index contributed by atoms with van der Waals surface area (Å²) in [6.45, 7) is 10.6. The molecule has 2 rings (SSSR count). The van der Waals surface area contributed by atoms with Crippen LogP contribution in [0.2, 0.25) is 0 Å². The van der Waals surface area contributed by atoms with Crippen LogP contribution in [0, 0.1) is 6.92 Å². The van der Waals surface area contributed by atoms with Crippen molar-refractivity contribution in [2.24, 2.45) is 4.99 Å². The number of nitrogens with zero attached hydrogens (tertiary/aromatic N) is 3. The van der Waals surface area contributed by atoms with E-state index in [4.69, 9.17) is 4.74 Å². The van der Waals surface area contributed by atoms with Crippen LogP contribution in [0.1, 0.15) is 25.0 Å². The molecule has 0 bridgehead atoms. The molecule has 1 aromatic rings. The molecule has 1 aliphatic heterocycles. The van der Waals surface area contributed by atoms with E-state index in [1.165, 1.54) is 10.5 Å². The fraction of sp³-hybridized carbons (Fsp3) is 0.412. The van der Waals surface area contributed by atoms with Gasteiger partial charge >= 0.3 is 6.03 Å². The van der Waals surface area contributed by atoms with Gasteiger partial charge in [0, 0.05) is 25.4 Å². The van der Waals surface area contributed by atoms with Crippen molar-refractivity contribution in [3.63, 3.8) is 0 Å². The number of benzene rings is 1. The average molecular weight is 301 g/mol. The first-order valence-corrected chi connectivity index (χ1v) is 7.29. The number of carbonyl (C=O) groups is 1. The molecule has 1 heterocycles. The molecule has 1 saturated heterocycles. The minimum atomic E-state index is -0.579. The fourth-order valence-electron chi connectivity index (χ4n) is 2.42. The zero-order chi connectivity index (χ0) is 16.3. The number of carbonyl (C=O) groups excluding carboxylic acids is 1. The van der Waals surface area contributed by atoms with E-state index in [1.54, 1.807) is 18.1 Å². The number of amides is 2. The van der Waals surface area contributed by atoms with Crippen LogP contribution in [0.15, 0.2) is 35.5 Å². The summed E-state index contributed by atoms with van der Waals surface area (Å²) in [4.78, 5) is 19.8. The molecule has 0 saturated carbocycles. The molecule has 118 valence electrons. The summed E-state index contributed by atoms with van der Waals surface area (Å²) in [5, 5.41) is 0. The molecule has 5 nitrogen and oxygen atoms in total. The lowest BCUT2D eigenvalue weighted by atomic mass is 10.1. The van der Waals surface area contributed by atoms with Crippen LogP contribution in [0.5, 0.6) is 0 Å². The molecule has 0 aromatic heterocycles. The van der Waals surface area contributed by atoms with E-state index >= 15 is 0 Å².